The summed E-state index contributed by atoms with van der Waals surface area (Å²) in [6, 6.07) is 11.7. The first-order valence-electron chi connectivity index (χ1n) is 7.75. The number of sulfone groups is 1. The number of aryl methyl sites for hydroxylation is 1. The summed E-state index contributed by atoms with van der Waals surface area (Å²) in [5, 5.41) is 3.29. The minimum Gasteiger partial charge on any atom is -0.493 e. The molecule has 5 nitrogen and oxygen atoms in total. The van der Waals surface area contributed by atoms with E-state index in [2.05, 4.69) is 5.32 Å². The lowest BCUT2D eigenvalue weighted by atomic mass is 10.2. The summed E-state index contributed by atoms with van der Waals surface area (Å²) in [7, 11) is -3.40. The number of benzene rings is 2. The topological polar surface area (TPSA) is 72.5 Å². The molecule has 2 rings (SSSR count). The van der Waals surface area contributed by atoms with Gasteiger partial charge in [-0.1, -0.05) is 23.7 Å². The van der Waals surface area contributed by atoms with Crippen LogP contribution in [0.2, 0.25) is 5.02 Å². The summed E-state index contributed by atoms with van der Waals surface area (Å²) < 4.78 is 29.1. The van der Waals surface area contributed by atoms with Crippen LogP contribution in [0.4, 0.5) is 5.69 Å². The second-order valence-corrected chi connectivity index (χ2v) is 8.10. The van der Waals surface area contributed by atoms with E-state index in [0.717, 1.165) is 17.6 Å². The zero-order chi connectivity index (χ0) is 18.4. The van der Waals surface area contributed by atoms with E-state index in [1.54, 1.807) is 30.3 Å². The first-order chi connectivity index (χ1) is 11.8. The summed E-state index contributed by atoms with van der Waals surface area (Å²) in [4.78, 5) is 12.1. The lowest BCUT2D eigenvalue weighted by Crippen LogP contribution is -2.15. The minimum absolute atomic E-state index is 0.108. The van der Waals surface area contributed by atoms with Crippen molar-refractivity contribution in [1.82, 2.24) is 0 Å². The van der Waals surface area contributed by atoms with Gasteiger partial charge in [-0.05, 0) is 49.2 Å². The van der Waals surface area contributed by atoms with Gasteiger partial charge in [0.1, 0.15) is 5.75 Å². The minimum atomic E-state index is -3.40. The smallest absolute Gasteiger partial charge is 0.224 e. The number of hydrogen-bond acceptors (Lipinski definition) is 4. The molecule has 0 fully saturated rings. The number of para-hydroxylation sites is 1. The zero-order valence-corrected chi connectivity index (χ0v) is 15.7. The average molecular weight is 382 g/mol. The van der Waals surface area contributed by atoms with Gasteiger partial charge < -0.3 is 10.1 Å². The fraction of sp³-hybridized carbons (Fsp3) is 0.278. The van der Waals surface area contributed by atoms with Gasteiger partial charge >= 0.3 is 0 Å². The fourth-order valence-corrected chi connectivity index (χ4v) is 3.37. The van der Waals surface area contributed by atoms with E-state index in [1.165, 1.54) is 6.07 Å². The van der Waals surface area contributed by atoms with Gasteiger partial charge in [-0.25, -0.2) is 8.42 Å². The molecule has 7 heteroatoms. The van der Waals surface area contributed by atoms with Gasteiger partial charge in [0.15, 0.2) is 9.84 Å². The first kappa shape index (κ1) is 19.3. The summed E-state index contributed by atoms with van der Waals surface area (Å²) in [5.41, 5.74) is 1.23. The quantitative estimate of drug-likeness (QED) is 0.739. The third kappa shape index (κ3) is 5.76. The number of nitrogens with one attached hydrogen (secondary N) is 1. The molecule has 1 N–H and O–H groups in total. The molecule has 2 aromatic carbocycles. The Morgan fingerprint density at radius 1 is 1.20 bits per heavy atom. The Hall–Kier alpha value is -2.05. The van der Waals surface area contributed by atoms with Crippen LogP contribution < -0.4 is 10.1 Å². The van der Waals surface area contributed by atoms with Gasteiger partial charge in [-0.2, -0.15) is 0 Å². The number of halogens is 1. The van der Waals surface area contributed by atoms with Crippen molar-refractivity contribution in [1.29, 1.82) is 0 Å². The number of anilines is 1. The summed E-state index contributed by atoms with van der Waals surface area (Å²) >= 11 is 5.89. The molecule has 0 aliphatic carbocycles. The number of ether oxygens (including phenoxy) is 1. The van der Waals surface area contributed by atoms with Crippen LogP contribution in [0.3, 0.4) is 0 Å². The van der Waals surface area contributed by atoms with Gasteiger partial charge in [0.25, 0.3) is 0 Å². The molecule has 0 unspecified atom stereocenters. The number of amides is 1. The molecule has 1 amide bonds. The van der Waals surface area contributed by atoms with E-state index in [0.29, 0.717) is 23.7 Å². The highest BCUT2D eigenvalue weighted by Gasteiger charge is 2.14. The Bertz CT molecular complexity index is 865. The Morgan fingerprint density at radius 2 is 1.92 bits per heavy atom. The number of carbonyl (C=O) groups is 1. The number of rotatable bonds is 7. The van der Waals surface area contributed by atoms with E-state index in [1.807, 2.05) is 13.0 Å². The molecule has 2 aromatic rings. The first-order valence-corrected chi connectivity index (χ1v) is 10.0. The molecule has 0 atom stereocenters. The van der Waals surface area contributed by atoms with Crippen LogP contribution >= 0.6 is 11.6 Å². The molecule has 25 heavy (non-hydrogen) atoms. The maximum atomic E-state index is 12.0. The van der Waals surface area contributed by atoms with Gasteiger partial charge in [0, 0.05) is 17.7 Å². The van der Waals surface area contributed by atoms with Crippen molar-refractivity contribution in [3.8, 4) is 5.75 Å². The van der Waals surface area contributed by atoms with E-state index < -0.39 is 9.84 Å². The summed E-state index contributed by atoms with van der Waals surface area (Å²) in [6.45, 7) is 2.28. The molecule has 0 radical (unpaired) electrons. The van der Waals surface area contributed by atoms with Crippen molar-refractivity contribution in [3.63, 3.8) is 0 Å². The highest BCUT2D eigenvalue weighted by molar-refractivity contribution is 7.90. The van der Waals surface area contributed by atoms with Crippen LogP contribution in [0.5, 0.6) is 5.75 Å². The van der Waals surface area contributed by atoms with E-state index in [4.69, 9.17) is 16.3 Å². The Labute approximate surface area is 152 Å². The second kappa shape index (κ2) is 8.36. The van der Waals surface area contributed by atoms with E-state index >= 15 is 0 Å². The van der Waals surface area contributed by atoms with Crippen LogP contribution in [0, 0.1) is 6.92 Å². The molecule has 0 bridgehead atoms. The Balaban J connectivity index is 1.86. The molecule has 0 spiro atoms. The molecule has 134 valence electrons. The van der Waals surface area contributed by atoms with Crippen LogP contribution in [0.15, 0.2) is 47.4 Å². The SMILES string of the molecule is Cc1cc(Cl)ccc1OCCCC(=O)Nc1ccccc1S(C)(=O)=O. The van der Waals surface area contributed by atoms with Crippen molar-refractivity contribution in [2.75, 3.05) is 18.2 Å². The lowest BCUT2D eigenvalue weighted by Gasteiger charge is -2.11. The standard InChI is InChI=1S/C18H20ClNO4S/c1-13-12-14(19)9-10-16(13)24-11-5-8-18(21)20-15-6-3-4-7-17(15)25(2,22)23/h3-4,6-7,9-10,12H,5,8,11H2,1-2H3,(H,20,21). The molecule has 0 aliphatic rings. The monoisotopic (exact) mass is 381 g/mol. The van der Waals surface area contributed by atoms with Crippen LogP contribution in [0.1, 0.15) is 18.4 Å². The van der Waals surface area contributed by atoms with Gasteiger partial charge in [-0.3, -0.25) is 4.79 Å². The lowest BCUT2D eigenvalue weighted by molar-refractivity contribution is -0.116. The second-order valence-electron chi connectivity index (χ2n) is 5.68. The maximum Gasteiger partial charge on any atom is 0.224 e. The van der Waals surface area contributed by atoms with Crippen LogP contribution in [0.25, 0.3) is 0 Å². The van der Waals surface area contributed by atoms with Crippen molar-refractivity contribution in [2.24, 2.45) is 0 Å². The van der Waals surface area contributed by atoms with Crippen molar-refractivity contribution in [2.45, 2.75) is 24.7 Å². The highest BCUT2D eigenvalue weighted by atomic mass is 35.5. The number of carbonyl (C=O) groups excluding carboxylic acids is 1. The highest BCUT2D eigenvalue weighted by Crippen LogP contribution is 2.22. The molecular formula is C18H20ClNO4S. The molecule has 0 aromatic heterocycles. The normalized spacial score (nSPS) is 11.2. The predicted molar refractivity (Wildman–Crippen MR) is 99.1 cm³/mol. The van der Waals surface area contributed by atoms with Crippen LogP contribution in [-0.4, -0.2) is 27.2 Å². The fourth-order valence-electron chi connectivity index (χ4n) is 2.30. The summed E-state index contributed by atoms with van der Waals surface area (Å²) in [6.07, 6.45) is 1.85. The molecule has 0 heterocycles. The third-order valence-electron chi connectivity index (χ3n) is 3.50. The van der Waals surface area contributed by atoms with Gasteiger partial charge in [0.05, 0.1) is 17.2 Å². The van der Waals surface area contributed by atoms with Gasteiger partial charge in [-0.15, -0.1) is 0 Å². The largest absolute Gasteiger partial charge is 0.493 e. The molecule has 0 saturated heterocycles. The van der Waals surface area contributed by atoms with Gasteiger partial charge in [0.2, 0.25) is 5.91 Å². The molecule has 0 aliphatic heterocycles. The van der Waals surface area contributed by atoms with Crippen molar-refractivity contribution >= 4 is 33.0 Å². The van der Waals surface area contributed by atoms with Crippen molar-refractivity contribution < 1.29 is 17.9 Å². The molecule has 0 saturated carbocycles. The third-order valence-corrected chi connectivity index (χ3v) is 4.89. The molecular weight excluding hydrogens is 362 g/mol. The average Bonchev–Trinajstić information content (AvgIpc) is 2.52. The summed E-state index contributed by atoms with van der Waals surface area (Å²) in [5.74, 6) is 0.472. The van der Waals surface area contributed by atoms with E-state index in [9.17, 15) is 13.2 Å². The van der Waals surface area contributed by atoms with Crippen molar-refractivity contribution in [3.05, 3.63) is 53.1 Å². The predicted octanol–water partition coefficient (Wildman–Crippen LogP) is 3.85. The zero-order valence-electron chi connectivity index (χ0n) is 14.1. The maximum absolute atomic E-state index is 12.0. The number of hydrogen-bond donors (Lipinski definition) is 1. The van der Waals surface area contributed by atoms with Crippen LogP contribution in [-0.2, 0) is 14.6 Å². The Morgan fingerprint density at radius 3 is 2.60 bits per heavy atom. The Kier molecular flexibility index (Phi) is 6.45. The van der Waals surface area contributed by atoms with E-state index in [-0.39, 0.29) is 17.2 Å².